The van der Waals surface area contributed by atoms with E-state index in [-0.39, 0.29) is 11.7 Å². The van der Waals surface area contributed by atoms with Gasteiger partial charge in [0, 0.05) is 11.4 Å². The second-order valence-corrected chi connectivity index (χ2v) is 5.32. The van der Waals surface area contributed by atoms with E-state index in [9.17, 15) is 9.59 Å². The van der Waals surface area contributed by atoms with E-state index in [1.807, 2.05) is 31.2 Å². The maximum atomic E-state index is 11.7. The van der Waals surface area contributed by atoms with E-state index in [4.69, 9.17) is 10.5 Å². The minimum atomic E-state index is -0.688. The SMILES string of the molecule is CCOC(=O)C(N)CSCC(=O)Nc1cccc(C)c1. The number of anilines is 1. The van der Waals surface area contributed by atoms with E-state index in [1.165, 1.54) is 11.8 Å². The van der Waals surface area contributed by atoms with Gasteiger partial charge in [-0.15, -0.1) is 11.8 Å². The first-order valence-corrected chi connectivity index (χ1v) is 7.55. The number of thioether (sulfide) groups is 1. The third-order valence-electron chi connectivity index (χ3n) is 2.42. The normalized spacial score (nSPS) is 11.8. The molecular weight excluding hydrogens is 276 g/mol. The third kappa shape index (κ3) is 6.08. The molecule has 1 unspecified atom stereocenters. The monoisotopic (exact) mass is 296 g/mol. The smallest absolute Gasteiger partial charge is 0.323 e. The summed E-state index contributed by atoms with van der Waals surface area (Å²) in [6.45, 7) is 4.00. The summed E-state index contributed by atoms with van der Waals surface area (Å²) in [7, 11) is 0. The molecule has 0 radical (unpaired) electrons. The Morgan fingerprint density at radius 3 is 2.85 bits per heavy atom. The van der Waals surface area contributed by atoms with Crippen LogP contribution < -0.4 is 11.1 Å². The highest BCUT2D eigenvalue weighted by Crippen LogP contribution is 2.11. The molecule has 6 heteroatoms. The number of amides is 1. The summed E-state index contributed by atoms with van der Waals surface area (Å²) in [6.07, 6.45) is 0. The molecule has 20 heavy (non-hydrogen) atoms. The van der Waals surface area contributed by atoms with Crippen molar-refractivity contribution in [2.45, 2.75) is 19.9 Å². The molecule has 0 aliphatic heterocycles. The van der Waals surface area contributed by atoms with Crippen LogP contribution in [-0.2, 0) is 14.3 Å². The minimum absolute atomic E-state index is 0.114. The van der Waals surface area contributed by atoms with E-state index >= 15 is 0 Å². The summed E-state index contributed by atoms with van der Waals surface area (Å²) in [5, 5.41) is 2.79. The second-order valence-electron chi connectivity index (χ2n) is 4.29. The average molecular weight is 296 g/mol. The number of benzene rings is 1. The number of nitrogens with one attached hydrogen (secondary N) is 1. The largest absolute Gasteiger partial charge is 0.465 e. The Kier molecular flexibility index (Phi) is 7.11. The van der Waals surface area contributed by atoms with E-state index in [0.29, 0.717) is 12.4 Å². The molecule has 0 aromatic heterocycles. The molecule has 1 rings (SSSR count). The first-order chi connectivity index (χ1) is 9.52. The fourth-order valence-electron chi connectivity index (χ4n) is 1.52. The van der Waals surface area contributed by atoms with Gasteiger partial charge in [0.2, 0.25) is 5.91 Å². The summed E-state index contributed by atoms with van der Waals surface area (Å²) >= 11 is 1.31. The highest BCUT2D eigenvalue weighted by Gasteiger charge is 2.15. The van der Waals surface area contributed by atoms with Crippen LogP contribution in [0.1, 0.15) is 12.5 Å². The van der Waals surface area contributed by atoms with Gasteiger partial charge in [-0.25, -0.2) is 0 Å². The van der Waals surface area contributed by atoms with Crippen LogP contribution in [0.25, 0.3) is 0 Å². The number of ether oxygens (including phenoxy) is 1. The number of carbonyl (C=O) groups excluding carboxylic acids is 2. The maximum Gasteiger partial charge on any atom is 0.323 e. The molecule has 5 nitrogen and oxygen atoms in total. The summed E-state index contributed by atoms with van der Waals surface area (Å²) < 4.78 is 4.79. The van der Waals surface area contributed by atoms with Crippen LogP contribution in [0.15, 0.2) is 24.3 Å². The highest BCUT2D eigenvalue weighted by molar-refractivity contribution is 8.00. The summed E-state index contributed by atoms with van der Waals surface area (Å²) in [5.41, 5.74) is 7.49. The first kappa shape index (κ1) is 16.5. The zero-order valence-corrected chi connectivity index (χ0v) is 12.5. The zero-order chi connectivity index (χ0) is 15.0. The van der Waals surface area contributed by atoms with Gasteiger partial charge in [-0.2, -0.15) is 0 Å². The van der Waals surface area contributed by atoms with E-state index < -0.39 is 12.0 Å². The molecule has 0 heterocycles. The maximum absolute atomic E-state index is 11.7. The van der Waals surface area contributed by atoms with Crippen LogP contribution in [0.3, 0.4) is 0 Å². The molecule has 0 fully saturated rings. The third-order valence-corrected chi connectivity index (χ3v) is 3.48. The van der Waals surface area contributed by atoms with Crippen molar-refractivity contribution in [2.75, 3.05) is 23.4 Å². The van der Waals surface area contributed by atoms with Crippen LogP contribution in [0.4, 0.5) is 5.69 Å². The van der Waals surface area contributed by atoms with Crippen LogP contribution >= 0.6 is 11.8 Å². The van der Waals surface area contributed by atoms with Gasteiger partial charge in [0.1, 0.15) is 6.04 Å². The van der Waals surface area contributed by atoms with Crippen molar-refractivity contribution in [1.82, 2.24) is 0 Å². The summed E-state index contributed by atoms with van der Waals surface area (Å²) in [4.78, 5) is 23.0. The second kappa shape index (κ2) is 8.60. The molecule has 110 valence electrons. The lowest BCUT2D eigenvalue weighted by molar-refractivity contribution is -0.144. The van der Waals surface area contributed by atoms with Crippen molar-refractivity contribution >= 4 is 29.3 Å². The van der Waals surface area contributed by atoms with Gasteiger partial charge in [0.05, 0.1) is 12.4 Å². The van der Waals surface area contributed by atoms with Gasteiger partial charge < -0.3 is 15.8 Å². The average Bonchev–Trinajstić information content (AvgIpc) is 2.38. The van der Waals surface area contributed by atoms with E-state index in [1.54, 1.807) is 6.92 Å². The molecule has 0 bridgehead atoms. The standard InChI is InChI=1S/C14H20N2O3S/c1-3-19-14(18)12(15)8-20-9-13(17)16-11-6-4-5-10(2)7-11/h4-7,12H,3,8-9,15H2,1-2H3,(H,16,17). The highest BCUT2D eigenvalue weighted by atomic mass is 32.2. The molecule has 3 N–H and O–H groups in total. The number of rotatable bonds is 7. The molecule has 1 aromatic rings. The van der Waals surface area contributed by atoms with Crippen LogP contribution in [0, 0.1) is 6.92 Å². The van der Waals surface area contributed by atoms with Gasteiger partial charge in [-0.3, -0.25) is 9.59 Å². The number of esters is 1. The Hall–Kier alpha value is -1.53. The number of nitrogens with two attached hydrogens (primary N) is 1. The Morgan fingerprint density at radius 1 is 1.45 bits per heavy atom. The fourth-order valence-corrected chi connectivity index (χ4v) is 2.28. The number of hydrogen-bond acceptors (Lipinski definition) is 5. The quantitative estimate of drug-likeness (QED) is 0.746. The molecule has 1 atom stereocenters. The lowest BCUT2D eigenvalue weighted by Gasteiger charge is -2.10. The van der Waals surface area contributed by atoms with Gasteiger partial charge in [0.15, 0.2) is 0 Å². The van der Waals surface area contributed by atoms with Crippen LogP contribution in [0.5, 0.6) is 0 Å². The Balaban J connectivity index is 2.28. The molecule has 0 aliphatic carbocycles. The Morgan fingerprint density at radius 2 is 2.20 bits per heavy atom. The number of aryl methyl sites for hydroxylation is 1. The van der Waals surface area contributed by atoms with Gasteiger partial charge in [-0.1, -0.05) is 12.1 Å². The summed E-state index contributed by atoms with van der Waals surface area (Å²) in [6, 6.07) is 6.89. The number of hydrogen-bond donors (Lipinski definition) is 2. The first-order valence-electron chi connectivity index (χ1n) is 6.39. The van der Waals surface area contributed by atoms with Crippen molar-refractivity contribution < 1.29 is 14.3 Å². The van der Waals surface area contributed by atoms with E-state index in [0.717, 1.165) is 11.3 Å². The lowest BCUT2D eigenvalue weighted by Crippen LogP contribution is -2.35. The minimum Gasteiger partial charge on any atom is -0.465 e. The van der Waals surface area contributed by atoms with Crippen molar-refractivity contribution in [3.05, 3.63) is 29.8 Å². The fraction of sp³-hybridized carbons (Fsp3) is 0.429. The molecule has 0 aliphatic rings. The van der Waals surface area contributed by atoms with Gasteiger partial charge in [0.25, 0.3) is 0 Å². The summed E-state index contributed by atoms with van der Waals surface area (Å²) in [5.74, 6) is 0.0666. The van der Waals surface area contributed by atoms with Crippen molar-refractivity contribution in [1.29, 1.82) is 0 Å². The molecule has 1 amide bonds. The zero-order valence-electron chi connectivity index (χ0n) is 11.7. The topological polar surface area (TPSA) is 81.4 Å². The van der Waals surface area contributed by atoms with Crippen LogP contribution in [0.2, 0.25) is 0 Å². The van der Waals surface area contributed by atoms with Gasteiger partial charge >= 0.3 is 5.97 Å². The Bertz CT molecular complexity index is 465. The van der Waals surface area contributed by atoms with Crippen LogP contribution in [-0.4, -0.2) is 36.0 Å². The molecule has 0 saturated heterocycles. The lowest BCUT2D eigenvalue weighted by atomic mass is 10.2. The predicted octanol–water partition coefficient (Wildman–Crippen LogP) is 1.56. The number of carbonyl (C=O) groups is 2. The van der Waals surface area contributed by atoms with Crippen molar-refractivity contribution in [3.63, 3.8) is 0 Å². The molecular formula is C14H20N2O3S. The molecule has 0 saturated carbocycles. The predicted molar refractivity (Wildman–Crippen MR) is 81.7 cm³/mol. The molecule has 0 spiro atoms. The van der Waals surface area contributed by atoms with E-state index in [2.05, 4.69) is 5.32 Å². The molecule has 1 aromatic carbocycles. The van der Waals surface area contributed by atoms with Crippen molar-refractivity contribution in [3.8, 4) is 0 Å². The Labute approximate surface area is 123 Å². The van der Waals surface area contributed by atoms with Gasteiger partial charge in [-0.05, 0) is 31.5 Å². The van der Waals surface area contributed by atoms with Crippen molar-refractivity contribution in [2.24, 2.45) is 5.73 Å².